The summed E-state index contributed by atoms with van der Waals surface area (Å²) in [5.41, 5.74) is 1.66. The van der Waals surface area contributed by atoms with Crippen LogP contribution in [0.5, 0.6) is 5.75 Å². The molecule has 0 saturated heterocycles. The molecule has 88 valence electrons. The van der Waals surface area contributed by atoms with Gasteiger partial charge in [-0.1, -0.05) is 6.07 Å². The summed E-state index contributed by atoms with van der Waals surface area (Å²) in [5, 5.41) is 0. The second-order valence-electron chi connectivity index (χ2n) is 4.19. The molecule has 2 rings (SSSR count). The van der Waals surface area contributed by atoms with Gasteiger partial charge in [0.25, 0.3) is 0 Å². The van der Waals surface area contributed by atoms with Crippen LogP contribution in [0.2, 0.25) is 0 Å². The molecular formula is C11H15NO3S. The zero-order chi connectivity index (χ0) is 11.9. The van der Waals surface area contributed by atoms with Crippen molar-refractivity contribution in [3.63, 3.8) is 0 Å². The fourth-order valence-electron chi connectivity index (χ4n) is 1.82. The third kappa shape index (κ3) is 2.00. The number of aryl methyl sites for hydroxylation is 1. The lowest BCUT2D eigenvalue weighted by molar-refractivity contribution is 0.219. The van der Waals surface area contributed by atoms with Gasteiger partial charge in [-0.05, 0) is 31.5 Å². The summed E-state index contributed by atoms with van der Waals surface area (Å²) in [6, 6.07) is 5.57. The monoisotopic (exact) mass is 241 g/mol. The van der Waals surface area contributed by atoms with Gasteiger partial charge in [-0.3, -0.25) is 4.31 Å². The van der Waals surface area contributed by atoms with Gasteiger partial charge in [0.15, 0.2) is 0 Å². The van der Waals surface area contributed by atoms with Crippen molar-refractivity contribution < 1.29 is 13.2 Å². The van der Waals surface area contributed by atoms with E-state index in [1.165, 1.54) is 10.6 Å². The lowest BCUT2D eigenvalue weighted by atomic mass is 10.2. The summed E-state index contributed by atoms with van der Waals surface area (Å²) >= 11 is 0. The predicted molar refractivity (Wildman–Crippen MR) is 63.5 cm³/mol. The number of fused-ring (bicyclic) bond motifs is 1. The Hall–Kier alpha value is -1.23. The highest BCUT2D eigenvalue weighted by atomic mass is 32.2. The molecule has 1 aromatic rings. The van der Waals surface area contributed by atoms with Crippen molar-refractivity contribution in [3.05, 3.63) is 23.8 Å². The molecule has 4 nitrogen and oxygen atoms in total. The average molecular weight is 241 g/mol. The Balaban J connectivity index is 2.56. The number of anilines is 1. The number of hydrogen-bond acceptors (Lipinski definition) is 3. The molecule has 0 spiro atoms. The molecule has 0 fully saturated rings. The van der Waals surface area contributed by atoms with E-state index in [2.05, 4.69) is 0 Å². The maximum absolute atomic E-state index is 11.7. The molecule has 1 heterocycles. The minimum Gasteiger partial charge on any atom is -0.487 e. The van der Waals surface area contributed by atoms with Crippen LogP contribution in [-0.4, -0.2) is 27.3 Å². The number of sulfonamides is 1. The first-order valence-electron chi connectivity index (χ1n) is 5.13. The van der Waals surface area contributed by atoms with Crippen molar-refractivity contribution in [3.8, 4) is 5.75 Å². The van der Waals surface area contributed by atoms with E-state index < -0.39 is 10.0 Å². The van der Waals surface area contributed by atoms with E-state index in [9.17, 15) is 8.42 Å². The summed E-state index contributed by atoms with van der Waals surface area (Å²) in [6.45, 7) is 4.16. The Labute approximate surface area is 95.9 Å². The van der Waals surface area contributed by atoms with Crippen LogP contribution in [0, 0.1) is 6.92 Å². The highest BCUT2D eigenvalue weighted by Crippen LogP contribution is 2.35. The zero-order valence-electron chi connectivity index (χ0n) is 9.60. The first-order valence-corrected chi connectivity index (χ1v) is 6.98. The van der Waals surface area contributed by atoms with Gasteiger partial charge in [-0.25, -0.2) is 8.42 Å². The Bertz CT molecular complexity index is 510. The Morgan fingerprint density at radius 1 is 1.44 bits per heavy atom. The molecular weight excluding hydrogens is 226 g/mol. The minimum atomic E-state index is -3.24. The van der Waals surface area contributed by atoms with Crippen molar-refractivity contribution in [2.45, 2.75) is 20.0 Å². The summed E-state index contributed by atoms with van der Waals surface area (Å²) in [6.07, 6.45) is 1.10. The van der Waals surface area contributed by atoms with Crippen LogP contribution in [0.4, 0.5) is 5.69 Å². The van der Waals surface area contributed by atoms with Gasteiger partial charge in [0.1, 0.15) is 11.9 Å². The third-order valence-electron chi connectivity index (χ3n) is 2.53. The average Bonchev–Trinajstić information content (AvgIpc) is 2.16. The van der Waals surface area contributed by atoms with E-state index in [1.54, 1.807) is 0 Å². The number of nitrogens with zero attached hydrogens (tertiary/aromatic N) is 1. The van der Waals surface area contributed by atoms with Crippen LogP contribution < -0.4 is 9.04 Å². The lowest BCUT2D eigenvalue weighted by Crippen LogP contribution is -2.41. The van der Waals surface area contributed by atoms with E-state index in [4.69, 9.17) is 4.74 Å². The van der Waals surface area contributed by atoms with Crippen LogP contribution in [-0.2, 0) is 10.0 Å². The summed E-state index contributed by atoms with van der Waals surface area (Å²) < 4.78 is 30.4. The van der Waals surface area contributed by atoms with Crippen LogP contribution in [0.1, 0.15) is 12.5 Å². The van der Waals surface area contributed by atoms with Crippen molar-refractivity contribution in [2.75, 3.05) is 17.1 Å². The second kappa shape index (κ2) is 3.66. The van der Waals surface area contributed by atoms with Crippen molar-refractivity contribution in [1.29, 1.82) is 0 Å². The fraction of sp³-hybridized carbons (Fsp3) is 0.455. The first kappa shape index (κ1) is 11.3. The summed E-state index contributed by atoms with van der Waals surface area (Å²) in [7, 11) is -3.24. The van der Waals surface area contributed by atoms with E-state index in [-0.39, 0.29) is 6.10 Å². The third-order valence-corrected chi connectivity index (χ3v) is 3.68. The molecule has 0 saturated carbocycles. The van der Waals surface area contributed by atoms with Crippen LogP contribution in [0.25, 0.3) is 0 Å². The van der Waals surface area contributed by atoms with Crippen LogP contribution >= 0.6 is 0 Å². The molecule has 1 atom stereocenters. The molecule has 0 amide bonds. The Kier molecular flexibility index (Phi) is 2.58. The van der Waals surface area contributed by atoms with Crippen molar-refractivity contribution in [2.24, 2.45) is 0 Å². The normalized spacial score (nSPS) is 20.2. The van der Waals surface area contributed by atoms with Crippen LogP contribution in [0.15, 0.2) is 18.2 Å². The Morgan fingerprint density at radius 2 is 2.12 bits per heavy atom. The van der Waals surface area contributed by atoms with Crippen molar-refractivity contribution >= 4 is 15.7 Å². The lowest BCUT2D eigenvalue weighted by Gasteiger charge is -2.33. The number of hydrogen-bond donors (Lipinski definition) is 0. The number of rotatable bonds is 1. The maximum atomic E-state index is 11.7. The van der Waals surface area contributed by atoms with E-state index in [1.807, 2.05) is 32.0 Å². The minimum absolute atomic E-state index is 0.120. The van der Waals surface area contributed by atoms with Crippen molar-refractivity contribution in [1.82, 2.24) is 0 Å². The predicted octanol–water partition coefficient (Wildman–Crippen LogP) is 1.54. The maximum Gasteiger partial charge on any atom is 0.232 e. The van der Waals surface area contributed by atoms with Gasteiger partial charge in [0.2, 0.25) is 10.0 Å². The molecule has 0 aromatic heterocycles. The van der Waals surface area contributed by atoms with E-state index >= 15 is 0 Å². The molecule has 0 unspecified atom stereocenters. The summed E-state index contributed by atoms with van der Waals surface area (Å²) in [4.78, 5) is 0. The van der Waals surface area contributed by atoms with Gasteiger partial charge in [0, 0.05) is 0 Å². The van der Waals surface area contributed by atoms with Gasteiger partial charge < -0.3 is 4.74 Å². The highest BCUT2D eigenvalue weighted by Gasteiger charge is 2.28. The zero-order valence-corrected chi connectivity index (χ0v) is 10.4. The van der Waals surface area contributed by atoms with Gasteiger partial charge >= 0.3 is 0 Å². The molecule has 1 aliphatic heterocycles. The molecule has 1 aromatic carbocycles. The largest absolute Gasteiger partial charge is 0.487 e. The number of ether oxygens (including phenoxy) is 1. The topological polar surface area (TPSA) is 46.6 Å². The highest BCUT2D eigenvalue weighted by molar-refractivity contribution is 7.92. The SMILES string of the molecule is Cc1ccc2c(c1)N(S(C)(=O)=O)C[C@H](C)O2. The molecule has 0 aliphatic carbocycles. The fourth-order valence-corrected chi connectivity index (χ4v) is 2.80. The van der Waals surface area contributed by atoms with Gasteiger partial charge in [0.05, 0.1) is 18.5 Å². The molecule has 0 radical (unpaired) electrons. The number of benzene rings is 1. The molecule has 16 heavy (non-hydrogen) atoms. The Morgan fingerprint density at radius 3 is 2.75 bits per heavy atom. The smallest absolute Gasteiger partial charge is 0.232 e. The van der Waals surface area contributed by atoms with E-state index in [0.717, 1.165) is 5.56 Å². The van der Waals surface area contributed by atoms with Gasteiger partial charge in [-0.2, -0.15) is 0 Å². The summed E-state index contributed by atoms with van der Waals surface area (Å²) in [5.74, 6) is 0.634. The van der Waals surface area contributed by atoms with Gasteiger partial charge in [-0.15, -0.1) is 0 Å². The van der Waals surface area contributed by atoms with E-state index in [0.29, 0.717) is 18.0 Å². The first-order chi connectivity index (χ1) is 7.38. The quantitative estimate of drug-likeness (QED) is 0.749. The molecule has 1 aliphatic rings. The molecule has 0 N–H and O–H groups in total. The standard InChI is InChI=1S/C11H15NO3S/c1-8-4-5-11-10(6-8)12(16(3,13)14)7-9(2)15-11/h4-6,9H,7H2,1-3H3/t9-/m0/s1. The molecule has 0 bridgehead atoms. The second-order valence-corrected chi connectivity index (χ2v) is 6.10. The molecule has 5 heteroatoms. The van der Waals surface area contributed by atoms with Crippen LogP contribution in [0.3, 0.4) is 0 Å².